The van der Waals surface area contributed by atoms with E-state index in [2.05, 4.69) is 5.32 Å². The van der Waals surface area contributed by atoms with Crippen LogP contribution in [0.2, 0.25) is 0 Å². The van der Waals surface area contributed by atoms with Gasteiger partial charge >= 0.3 is 0 Å². The van der Waals surface area contributed by atoms with Crippen molar-refractivity contribution in [3.05, 3.63) is 24.3 Å². The van der Waals surface area contributed by atoms with Crippen LogP contribution < -0.4 is 5.32 Å². The van der Waals surface area contributed by atoms with E-state index in [-0.39, 0.29) is 6.61 Å². The maximum Gasteiger partial charge on any atom is 0.175 e. The van der Waals surface area contributed by atoms with E-state index in [4.69, 9.17) is 5.11 Å². The third kappa shape index (κ3) is 3.70. The molecule has 0 radical (unpaired) electrons. The van der Waals surface area contributed by atoms with Crippen molar-refractivity contribution in [2.75, 3.05) is 18.2 Å². The van der Waals surface area contributed by atoms with Gasteiger partial charge in [0.25, 0.3) is 0 Å². The summed E-state index contributed by atoms with van der Waals surface area (Å²) < 4.78 is 22.8. The zero-order valence-corrected chi connectivity index (χ0v) is 12.0. The fraction of sp³-hybridized carbons (Fsp3) is 0.571. The van der Waals surface area contributed by atoms with Gasteiger partial charge in [-0.15, -0.1) is 0 Å². The monoisotopic (exact) mass is 283 g/mol. The molecule has 19 heavy (non-hydrogen) atoms. The van der Waals surface area contributed by atoms with Crippen molar-refractivity contribution >= 4 is 15.5 Å². The third-order valence-electron chi connectivity index (χ3n) is 3.79. The number of aliphatic hydroxyl groups excluding tert-OH is 1. The van der Waals surface area contributed by atoms with Crippen LogP contribution >= 0.6 is 0 Å². The Bertz CT molecular complexity index is 510. The maximum atomic E-state index is 11.4. The smallest absolute Gasteiger partial charge is 0.175 e. The van der Waals surface area contributed by atoms with E-state index in [1.54, 1.807) is 12.1 Å². The molecule has 106 valence electrons. The van der Waals surface area contributed by atoms with Crippen LogP contribution in [0.4, 0.5) is 5.69 Å². The van der Waals surface area contributed by atoms with Crippen LogP contribution in [-0.4, -0.2) is 32.4 Å². The van der Waals surface area contributed by atoms with Gasteiger partial charge in [0.05, 0.1) is 4.90 Å². The van der Waals surface area contributed by atoms with E-state index >= 15 is 0 Å². The molecule has 2 unspecified atom stereocenters. The molecule has 1 aliphatic carbocycles. The summed E-state index contributed by atoms with van der Waals surface area (Å²) in [6.45, 7) is 0.232. The van der Waals surface area contributed by atoms with Crippen LogP contribution in [0.25, 0.3) is 0 Å². The number of hydrogen-bond donors (Lipinski definition) is 2. The van der Waals surface area contributed by atoms with Crippen molar-refractivity contribution in [1.29, 1.82) is 0 Å². The van der Waals surface area contributed by atoms with Crippen LogP contribution in [0, 0.1) is 5.92 Å². The van der Waals surface area contributed by atoms with Gasteiger partial charge in [-0.05, 0) is 49.4 Å². The maximum absolute atomic E-state index is 11.4. The number of sulfone groups is 1. The number of aliphatic hydroxyl groups is 1. The van der Waals surface area contributed by atoms with Crippen molar-refractivity contribution in [1.82, 2.24) is 0 Å². The molecule has 0 heterocycles. The Hall–Kier alpha value is -1.07. The highest BCUT2D eigenvalue weighted by Gasteiger charge is 2.26. The first-order valence-corrected chi connectivity index (χ1v) is 8.57. The first kappa shape index (κ1) is 14.3. The lowest BCUT2D eigenvalue weighted by Crippen LogP contribution is -2.24. The molecule has 1 aromatic carbocycles. The molecular formula is C14H21NO3S. The molecule has 4 nitrogen and oxygen atoms in total. The first-order valence-electron chi connectivity index (χ1n) is 6.68. The summed E-state index contributed by atoms with van der Waals surface area (Å²) in [6, 6.07) is 7.27. The third-order valence-corrected chi connectivity index (χ3v) is 4.92. The molecule has 2 rings (SSSR count). The summed E-state index contributed by atoms with van der Waals surface area (Å²) in [5.41, 5.74) is 0.947. The summed E-state index contributed by atoms with van der Waals surface area (Å²) in [6.07, 6.45) is 5.49. The molecule has 0 spiro atoms. The van der Waals surface area contributed by atoms with E-state index in [1.165, 1.54) is 12.7 Å². The predicted molar refractivity (Wildman–Crippen MR) is 76.0 cm³/mol. The minimum Gasteiger partial charge on any atom is -0.396 e. The summed E-state index contributed by atoms with van der Waals surface area (Å²) in [5, 5.41) is 12.5. The Morgan fingerprint density at radius 3 is 2.53 bits per heavy atom. The summed E-state index contributed by atoms with van der Waals surface area (Å²) in [4.78, 5) is 0.344. The molecule has 5 heteroatoms. The normalized spacial score (nSPS) is 23.5. The molecular weight excluding hydrogens is 262 g/mol. The van der Waals surface area contributed by atoms with Crippen LogP contribution in [-0.2, 0) is 9.84 Å². The summed E-state index contributed by atoms with van der Waals surface area (Å²) >= 11 is 0. The molecule has 0 aromatic heterocycles. The summed E-state index contributed by atoms with van der Waals surface area (Å²) in [5.74, 6) is 0.514. The Morgan fingerprint density at radius 2 is 1.95 bits per heavy atom. The molecule has 0 bridgehead atoms. The molecule has 1 fully saturated rings. The Morgan fingerprint density at radius 1 is 1.26 bits per heavy atom. The highest BCUT2D eigenvalue weighted by Crippen LogP contribution is 2.30. The second kappa shape index (κ2) is 5.92. The van der Waals surface area contributed by atoms with E-state index in [0.717, 1.165) is 24.9 Å². The molecule has 1 aromatic rings. The van der Waals surface area contributed by atoms with Gasteiger partial charge in [-0.1, -0.05) is 6.42 Å². The van der Waals surface area contributed by atoms with Gasteiger partial charge < -0.3 is 10.4 Å². The van der Waals surface area contributed by atoms with E-state index < -0.39 is 9.84 Å². The standard InChI is InChI=1S/C14H21NO3S/c1-19(17,18)13-7-5-12(6-8-13)15-14-4-2-3-11(14)9-10-16/h5-8,11,14-16H,2-4,9-10H2,1H3. The molecule has 2 atom stereocenters. The molecule has 0 saturated heterocycles. The summed E-state index contributed by atoms with van der Waals surface area (Å²) in [7, 11) is -3.13. The zero-order chi connectivity index (χ0) is 13.9. The lowest BCUT2D eigenvalue weighted by Gasteiger charge is -2.21. The van der Waals surface area contributed by atoms with Gasteiger partial charge in [-0.3, -0.25) is 0 Å². The van der Waals surface area contributed by atoms with Gasteiger partial charge in [-0.25, -0.2) is 8.42 Å². The van der Waals surface area contributed by atoms with Gasteiger partial charge in [0.1, 0.15) is 0 Å². The molecule has 1 aliphatic rings. The lowest BCUT2D eigenvalue weighted by molar-refractivity contribution is 0.254. The number of hydrogen-bond acceptors (Lipinski definition) is 4. The van der Waals surface area contributed by atoms with Crippen molar-refractivity contribution in [3.63, 3.8) is 0 Å². The van der Waals surface area contributed by atoms with Crippen molar-refractivity contribution < 1.29 is 13.5 Å². The predicted octanol–water partition coefficient (Wildman–Crippen LogP) is 2.05. The number of benzene rings is 1. The van der Waals surface area contributed by atoms with Crippen molar-refractivity contribution in [3.8, 4) is 0 Å². The Kier molecular flexibility index (Phi) is 4.47. The molecule has 0 amide bonds. The van der Waals surface area contributed by atoms with Crippen molar-refractivity contribution in [2.24, 2.45) is 5.92 Å². The van der Waals surface area contributed by atoms with E-state index in [9.17, 15) is 8.42 Å². The number of nitrogens with one attached hydrogen (secondary N) is 1. The molecule has 1 saturated carbocycles. The fourth-order valence-corrected chi connectivity index (χ4v) is 3.38. The topological polar surface area (TPSA) is 66.4 Å². The van der Waals surface area contributed by atoms with E-state index in [0.29, 0.717) is 16.9 Å². The second-order valence-corrected chi connectivity index (χ2v) is 7.27. The highest BCUT2D eigenvalue weighted by molar-refractivity contribution is 7.90. The van der Waals surface area contributed by atoms with Crippen LogP contribution in [0.5, 0.6) is 0 Å². The SMILES string of the molecule is CS(=O)(=O)c1ccc(NC2CCCC2CCO)cc1. The lowest BCUT2D eigenvalue weighted by atomic mass is 10.00. The number of rotatable bonds is 5. The minimum atomic E-state index is -3.13. The fourth-order valence-electron chi connectivity index (χ4n) is 2.75. The quantitative estimate of drug-likeness (QED) is 0.868. The minimum absolute atomic E-state index is 0.232. The number of anilines is 1. The van der Waals surface area contributed by atoms with Crippen molar-refractivity contribution in [2.45, 2.75) is 36.6 Å². The Labute approximate surface area is 114 Å². The van der Waals surface area contributed by atoms with Crippen LogP contribution in [0.15, 0.2) is 29.2 Å². The Balaban J connectivity index is 2.03. The molecule has 2 N–H and O–H groups in total. The van der Waals surface area contributed by atoms with Gasteiger partial charge in [0.2, 0.25) is 0 Å². The van der Waals surface area contributed by atoms with Crippen LogP contribution in [0.1, 0.15) is 25.7 Å². The highest BCUT2D eigenvalue weighted by atomic mass is 32.2. The molecule has 0 aliphatic heterocycles. The first-order chi connectivity index (χ1) is 9.00. The largest absolute Gasteiger partial charge is 0.396 e. The van der Waals surface area contributed by atoms with Gasteiger partial charge in [0.15, 0.2) is 9.84 Å². The average molecular weight is 283 g/mol. The van der Waals surface area contributed by atoms with Gasteiger partial charge in [-0.2, -0.15) is 0 Å². The van der Waals surface area contributed by atoms with Gasteiger partial charge in [0, 0.05) is 24.6 Å². The van der Waals surface area contributed by atoms with Crippen LogP contribution in [0.3, 0.4) is 0 Å². The average Bonchev–Trinajstić information content (AvgIpc) is 2.77. The second-order valence-electron chi connectivity index (χ2n) is 5.25. The zero-order valence-electron chi connectivity index (χ0n) is 11.2. The van der Waals surface area contributed by atoms with E-state index in [1.807, 2.05) is 12.1 Å².